The van der Waals surface area contributed by atoms with Crippen LogP contribution in [0.15, 0.2) is 48.5 Å². The summed E-state index contributed by atoms with van der Waals surface area (Å²) in [5.74, 6) is -0.0313. The van der Waals surface area contributed by atoms with Crippen molar-refractivity contribution in [1.29, 1.82) is 0 Å². The number of hydrogen-bond acceptors (Lipinski definition) is 3. The van der Waals surface area contributed by atoms with Gasteiger partial charge in [-0.1, -0.05) is 30.7 Å². The fraction of sp³-hybridized carbons (Fsp3) is 0.417. The molecule has 0 bridgehead atoms. The molecule has 0 radical (unpaired) electrons. The molecule has 0 atom stereocenters. The molecule has 29 heavy (non-hydrogen) atoms. The summed E-state index contributed by atoms with van der Waals surface area (Å²) in [6, 6.07) is 15.5. The zero-order valence-electron chi connectivity index (χ0n) is 17.2. The van der Waals surface area contributed by atoms with Crippen LogP contribution in [0.5, 0.6) is 0 Å². The molecule has 1 aliphatic heterocycles. The Hall–Kier alpha value is -2.66. The van der Waals surface area contributed by atoms with Gasteiger partial charge >= 0.3 is 0 Å². The lowest BCUT2D eigenvalue weighted by molar-refractivity contribution is -0.116. The molecule has 154 valence electrons. The Morgan fingerprint density at radius 1 is 0.862 bits per heavy atom. The SMILES string of the molecule is CC(=O)Nc1cccc(-c2cccc(NC(=O)CCCCN3CCCCC3)c2)c1. The highest BCUT2D eigenvalue weighted by atomic mass is 16.2. The third-order valence-electron chi connectivity index (χ3n) is 5.24. The maximum Gasteiger partial charge on any atom is 0.224 e. The van der Waals surface area contributed by atoms with Crippen LogP contribution in [0.2, 0.25) is 0 Å². The molecule has 1 saturated heterocycles. The van der Waals surface area contributed by atoms with E-state index in [-0.39, 0.29) is 11.8 Å². The molecule has 2 N–H and O–H groups in total. The number of carbonyl (C=O) groups is 2. The van der Waals surface area contributed by atoms with Gasteiger partial charge in [-0.15, -0.1) is 0 Å². The van der Waals surface area contributed by atoms with Crippen LogP contribution in [0, 0.1) is 0 Å². The third kappa shape index (κ3) is 7.02. The van der Waals surface area contributed by atoms with Gasteiger partial charge in [-0.3, -0.25) is 9.59 Å². The first-order valence-corrected chi connectivity index (χ1v) is 10.6. The number of unbranched alkanes of at least 4 members (excludes halogenated alkanes) is 1. The molecule has 0 spiro atoms. The molecule has 5 heteroatoms. The Morgan fingerprint density at radius 3 is 2.10 bits per heavy atom. The van der Waals surface area contributed by atoms with Gasteiger partial charge in [-0.25, -0.2) is 0 Å². The van der Waals surface area contributed by atoms with E-state index in [2.05, 4.69) is 15.5 Å². The largest absolute Gasteiger partial charge is 0.326 e. The van der Waals surface area contributed by atoms with E-state index in [1.807, 2.05) is 48.5 Å². The van der Waals surface area contributed by atoms with Crippen molar-refractivity contribution in [2.24, 2.45) is 0 Å². The van der Waals surface area contributed by atoms with Gasteiger partial charge in [0.25, 0.3) is 0 Å². The molecule has 1 fully saturated rings. The first-order valence-electron chi connectivity index (χ1n) is 10.6. The van der Waals surface area contributed by atoms with Crippen molar-refractivity contribution in [3.63, 3.8) is 0 Å². The number of rotatable bonds is 8. The van der Waals surface area contributed by atoms with Gasteiger partial charge in [0.2, 0.25) is 11.8 Å². The van der Waals surface area contributed by atoms with E-state index in [1.165, 1.54) is 39.3 Å². The molecular weight excluding hydrogens is 362 g/mol. The lowest BCUT2D eigenvalue weighted by Crippen LogP contribution is -2.30. The van der Waals surface area contributed by atoms with Crippen LogP contribution in [0.1, 0.15) is 45.4 Å². The number of anilines is 2. The van der Waals surface area contributed by atoms with Crippen LogP contribution in [0.3, 0.4) is 0 Å². The Balaban J connectivity index is 1.50. The molecule has 2 aromatic rings. The molecule has 2 amide bonds. The predicted octanol–water partition coefficient (Wildman–Crippen LogP) is 4.91. The summed E-state index contributed by atoms with van der Waals surface area (Å²) in [6.07, 6.45) is 6.52. The second kappa shape index (κ2) is 10.8. The number of benzene rings is 2. The molecule has 1 aliphatic rings. The summed E-state index contributed by atoms with van der Waals surface area (Å²) in [5.41, 5.74) is 3.56. The molecule has 0 aliphatic carbocycles. The van der Waals surface area contributed by atoms with E-state index in [0.29, 0.717) is 6.42 Å². The van der Waals surface area contributed by atoms with E-state index < -0.39 is 0 Å². The van der Waals surface area contributed by atoms with Gasteiger partial charge in [0, 0.05) is 24.7 Å². The first kappa shape index (κ1) is 21.1. The number of nitrogens with zero attached hydrogens (tertiary/aromatic N) is 1. The quantitative estimate of drug-likeness (QED) is 0.627. The second-order valence-corrected chi connectivity index (χ2v) is 7.75. The highest BCUT2D eigenvalue weighted by Crippen LogP contribution is 2.25. The zero-order valence-corrected chi connectivity index (χ0v) is 17.2. The molecule has 0 saturated carbocycles. The molecule has 0 unspecified atom stereocenters. The van der Waals surface area contributed by atoms with E-state index in [4.69, 9.17) is 0 Å². The minimum absolute atomic E-state index is 0.0628. The normalized spacial score (nSPS) is 14.4. The molecule has 2 aromatic carbocycles. The first-order chi connectivity index (χ1) is 14.1. The van der Waals surface area contributed by atoms with Gasteiger partial charge in [-0.2, -0.15) is 0 Å². The van der Waals surface area contributed by atoms with E-state index >= 15 is 0 Å². The van der Waals surface area contributed by atoms with Gasteiger partial charge in [0.05, 0.1) is 0 Å². The fourth-order valence-electron chi connectivity index (χ4n) is 3.78. The van der Waals surface area contributed by atoms with Gasteiger partial charge in [0.15, 0.2) is 0 Å². The topological polar surface area (TPSA) is 61.4 Å². The van der Waals surface area contributed by atoms with Crippen molar-refractivity contribution in [1.82, 2.24) is 4.90 Å². The third-order valence-corrected chi connectivity index (χ3v) is 5.24. The van der Waals surface area contributed by atoms with Crippen LogP contribution >= 0.6 is 0 Å². The molecule has 5 nitrogen and oxygen atoms in total. The Bertz CT molecular complexity index is 828. The van der Waals surface area contributed by atoms with Crippen molar-refractivity contribution in [3.05, 3.63) is 48.5 Å². The van der Waals surface area contributed by atoms with Crippen LogP contribution < -0.4 is 10.6 Å². The summed E-state index contributed by atoms with van der Waals surface area (Å²) in [7, 11) is 0. The predicted molar refractivity (Wildman–Crippen MR) is 119 cm³/mol. The number of carbonyl (C=O) groups excluding carboxylic acids is 2. The van der Waals surface area contributed by atoms with Gasteiger partial charge in [-0.05, 0) is 80.7 Å². The van der Waals surface area contributed by atoms with Crippen LogP contribution in [0.25, 0.3) is 11.1 Å². The number of nitrogens with one attached hydrogen (secondary N) is 2. The van der Waals surface area contributed by atoms with Crippen LogP contribution in [-0.4, -0.2) is 36.3 Å². The van der Waals surface area contributed by atoms with Gasteiger partial charge in [0.1, 0.15) is 0 Å². The number of amides is 2. The Morgan fingerprint density at radius 2 is 1.48 bits per heavy atom. The van der Waals surface area contributed by atoms with Crippen molar-refractivity contribution in [2.75, 3.05) is 30.3 Å². The zero-order chi connectivity index (χ0) is 20.5. The van der Waals surface area contributed by atoms with E-state index in [1.54, 1.807) is 0 Å². The number of likely N-dealkylation sites (tertiary alicyclic amines) is 1. The molecule has 0 aromatic heterocycles. The number of piperidine rings is 1. The highest BCUT2D eigenvalue weighted by Gasteiger charge is 2.10. The lowest BCUT2D eigenvalue weighted by Gasteiger charge is -2.26. The van der Waals surface area contributed by atoms with E-state index in [0.717, 1.165) is 41.9 Å². The summed E-state index contributed by atoms with van der Waals surface area (Å²) in [6.45, 7) is 5.02. The van der Waals surface area contributed by atoms with Crippen LogP contribution in [-0.2, 0) is 9.59 Å². The van der Waals surface area contributed by atoms with Crippen molar-refractivity contribution in [3.8, 4) is 11.1 Å². The van der Waals surface area contributed by atoms with Crippen molar-refractivity contribution >= 4 is 23.2 Å². The summed E-state index contributed by atoms with van der Waals surface area (Å²) in [5, 5.41) is 5.82. The number of hydrogen-bond donors (Lipinski definition) is 2. The molecule has 3 rings (SSSR count). The average molecular weight is 394 g/mol. The van der Waals surface area contributed by atoms with Crippen molar-refractivity contribution < 1.29 is 9.59 Å². The second-order valence-electron chi connectivity index (χ2n) is 7.75. The maximum absolute atomic E-state index is 12.3. The lowest BCUT2D eigenvalue weighted by atomic mass is 10.0. The summed E-state index contributed by atoms with van der Waals surface area (Å²) < 4.78 is 0. The van der Waals surface area contributed by atoms with Gasteiger partial charge < -0.3 is 15.5 Å². The standard InChI is InChI=1S/C24H31N3O2/c1-19(28)25-22-11-7-9-20(17-22)21-10-8-12-23(18-21)26-24(29)13-3-6-16-27-14-4-2-5-15-27/h7-12,17-18H,2-6,13-16H2,1H3,(H,25,28)(H,26,29). The highest BCUT2D eigenvalue weighted by molar-refractivity contribution is 5.92. The maximum atomic E-state index is 12.3. The minimum atomic E-state index is -0.0940. The fourth-order valence-corrected chi connectivity index (χ4v) is 3.78. The van der Waals surface area contributed by atoms with Crippen LogP contribution in [0.4, 0.5) is 11.4 Å². The molecule has 1 heterocycles. The Kier molecular flexibility index (Phi) is 7.82. The Labute approximate surface area is 173 Å². The van der Waals surface area contributed by atoms with Crippen molar-refractivity contribution in [2.45, 2.75) is 45.4 Å². The minimum Gasteiger partial charge on any atom is -0.326 e. The summed E-state index contributed by atoms with van der Waals surface area (Å²) >= 11 is 0. The smallest absolute Gasteiger partial charge is 0.224 e. The summed E-state index contributed by atoms with van der Waals surface area (Å²) in [4.78, 5) is 26.1. The molecular formula is C24H31N3O2. The average Bonchev–Trinajstić information content (AvgIpc) is 2.72. The van der Waals surface area contributed by atoms with E-state index in [9.17, 15) is 9.59 Å². The monoisotopic (exact) mass is 393 g/mol.